The summed E-state index contributed by atoms with van der Waals surface area (Å²) in [4.78, 5) is 19.5. The van der Waals surface area contributed by atoms with E-state index in [2.05, 4.69) is 15.2 Å². The van der Waals surface area contributed by atoms with Crippen LogP contribution >= 0.6 is 0 Å². The lowest BCUT2D eigenvalue weighted by Gasteiger charge is -2.24. The van der Waals surface area contributed by atoms with E-state index in [1.54, 1.807) is 11.0 Å². The highest BCUT2D eigenvalue weighted by Crippen LogP contribution is 2.38. The second-order valence-corrected chi connectivity index (χ2v) is 7.91. The summed E-state index contributed by atoms with van der Waals surface area (Å²) in [6.07, 6.45) is -0.142. The Balaban J connectivity index is 1.62. The molecule has 1 saturated heterocycles. The summed E-state index contributed by atoms with van der Waals surface area (Å²) in [5, 5.41) is 7.90. The molecule has 1 amide bonds. The quantitative estimate of drug-likeness (QED) is 0.434. The largest absolute Gasteiger partial charge is 0.463 e. The van der Waals surface area contributed by atoms with Gasteiger partial charge in [-0.05, 0) is 38.0 Å². The lowest BCUT2D eigenvalue weighted by Crippen LogP contribution is -2.31. The van der Waals surface area contributed by atoms with Crippen LogP contribution in [0, 0.1) is 6.92 Å². The minimum Gasteiger partial charge on any atom is -0.463 e. The number of hydrogen-bond donors (Lipinski definition) is 0. The molecule has 172 valence electrons. The molecule has 0 spiro atoms. The average Bonchev–Trinajstić information content (AvgIpc) is 3.57. The molecule has 0 aliphatic carbocycles. The van der Waals surface area contributed by atoms with Crippen LogP contribution in [0.3, 0.4) is 0 Å². The molecule has 1 aliphatic rings. The van der Waals surface area contributed by atoms with Crippen molar-refractivity contribution < 1.29 is 26.9 Å². The van der Waals surface area contributed by atoms with Gasteiger partial charge in [-0.1, -0.05) is 12.1 Å². The Hall–Kier alpha value is -3.63. The van der Waals surface area contributed by atoms with Gasteiger partial charge in [0.05, 0.1) is 24.2 Å². The molecule has 1 aliphatic heterocycles. The van der Waals surface area contributed by atoms with Crippen LogP contribution in [-0.4, -0.2) is 37.1 Å². The Morgan fingerprint density at radius 1 is 1.33 bits per heavy atom. The molecular formula is C22H20F3N5O3. The fourth-order valence-corrected chi connectivity index (χ4v) is 4.44. The third kappa shape index (κ3) is 3.47. The van der Waals surface area contributed by atoms with E-state index in [0.29, 0.717) is 35.4 Å². The zero-order chi connectivity index (χ0) is 23.3. The molecule has 5 rings (SSSR count). The fourth-order valence-electron chi connectivity index (χ4n) is 4.44. The molecule has 5 heterocycles. The molecule has 0 N–H and O–H groups in total. The van der Waals surface area contributed by atoms with Crippen LogP contribution in [0.15, 0.2) is 39.6 Å². The molecular weight excluding hydrogens is 439 g/mol. The highest BCUT2D eigenvalue weighted by Gasteiger charge is 2.39. The van der Waals surface area contributed by atoms with Gasteiger partial charge >= 0.3 is 6.18 Å². The van der Waals surface area contributed by atoms with Crippen LogP contribution in [0.5, 0.6) is 0 Å². The number of aromatic nitrogens is 4. The summed E-state index contributed by atoms with van der Waals surface area (Å²) in [5.74, 6) is 0.427. The monoisotopic (exact) mass is 459 g/mol. The number of carbonyl (C=O) groups excluding carboxylic acids is 1. The van der Waals surface area contributed by atoms with Gasteiger partial charge in [0, 0.05) is 18.5 Å². The Morgan fingerprint density at radius 2 is 2.15 bits per heavy atom. The molecule has 4 aromatic rings. The first-order valence-electron chi connectivity index (χ1n) is 10.6. The van der Waals surface area contributed by atoms with Gasteiger partial charge in [0.1, 0.15) is 17.0 Å². The van der Waals surface area contributed by atoms with Gasteiger partial charge < -0.3 is 13.8 Å². The normalized spacial score (nSPS) is 16.8. The number of fused-ring (bicyclic) bond motifs is 1. The van der Waals surface area contributed by atoms with E-state index in [9.17, 15) is 18.0 Å². The lowest BCUT2D eigenvalue weighted by molar-refractivity contribution is -0.142. The van der Waals surface area contributed by atoms with Gasteiger partial charge in [-0.3, -0.25) is 4.79 Å². The molecule has 1 atom stereocenters. The van der Waals surface area contributed by atoms with Crippen molar-refractivity contribution in [3.63, 3.8) is 0 Å². The van der Waals surface area contributed by atoms with Crippen LogP contribution in [0.4, 0.5) is 13.2 Å². The van der Waals surface area contributed by atoms with E-state index in [4.69, 9.17) is 8.94 Å². The molecule has 4 aromatic heterocycles. The van der Waals surface area contributed by atoms with Crippen molar-refractivity contribution in [1.82, 2.24) is 24.7 Å². The Labute approximate surface area is 186 Å². The topological polar surface area (TPSA) is 89.7 Å². The predicted molar refractivity (Wildman–Crippen MR) is 109 cm³/mol. The van der Waals surface area contributed by atoms with Gasteiger partial charge in [0.2, 0.25) is 0 Å². The van der Waals surface area contributed by atoms with Gasteiger partial charge in [-0.25, -0.2) is 9.50 Å². The number of amides is 1. The highest BCUT2D eigenvalue weighted by atomic mass is 19.4. The second-order valence-electron chi connectivity index (χ2n) is 7.91. The molecule has 1 unspecified atom stereocenters. The summed E-state index contributed by atoms with van der Waals surface area (Å²) >= 11 is 0. The molecule has 1 fully saturated rings. The minimum atomic E-state index is -4.71. The van der Waals surface area contributed by atoms with E-state index in [0.717, 1.165) is 24.2 Å². The predicted octanol–water partition coefficient (Wildman–Crippen LogP) is 4.84. The van der Waals surface area contributed by atoms with E-state index >= 15 is 0 Å². The van der Waals surface area contributed by atoms with Crippen LogP contribution in [0.25, 0.3) is 17.1 Å². The molecule has 0 bridgehead atoms. The molecule has 0 saturated carbocycles. The van der Waals surface area contributed by atoms with Gasteiger partial charge in [-0.15, -0.1) is 0 Å². The first kappa shape index (κ1) is 21.2. The van der Waals surface area contributed by atoms with Crippen LogP contribution in [-0.2, 0) is 12.6 Å². The van der Waals surface area contributed by atoms with Crippen molar-refractivity contribution in [3.05, 3.63) is 58.9 Å². The number of aryl methyl sites for hydroxylation is 2. The molecule has 11 heteroatoms. The van der Waals surface area contributed by atoms with Crippen molar-refractivity contribution in [2.24, 2.45) is 0 Å². The summed E-state index contributed by atoms with van der Waals surface area (Å²) in [6.45, 7) is 4.22. The molecule has 8 nitrogen and oxygen atoms in total. The maximum atomic E-state index is 13.8. The van der Waals surface area contributed by atoms with E-state index < -0.39 is 17.8 Å². The third-order valence-corrected chi connectivity index (χ3v) is 5.92. The van der Waals surface area contributed by atoms with Crippen molar-refractivity contribution in [2.45, 2.75) is 45.3 Å². The first-order chi connectivity index (χ1) is 15.8. The van der Waals surface area contributed by atoms with Crippen LogP contribution in [0.2, 0.25) is 0 Å². The average molecular weight is 459 g/mol. The van der Waals surface area contributed by atoms with Gasteiger partial charge in [0.25, 0.3) is 5.91 Å². The van der Waals surface area contributed by atoms with Crippen molar-refractivity contribution in [3.8, 4) is 11.5 Å². The number of hydrogen-bond acceptors (Lipinski definition) is 6. The summed E-state index contributed by atoms with van der Waals surface area (Å²) in [5.41, 5.74) is 0.307. The number of likely N-dealkylation sites (tertiary alicyclic amines) is 1. The zero-order valence-electron chi connectivity index (χ0n) is 17.9. The standard InChI is InChI=1S/C22H20F3N5O3/c1-3-16-19(12(2)28-33-16)15-6-4-8-29(15)21(31)13-11-26-30-18(22(23,24)25)10-14(27-20(13)30)17-7-5-9-32-17/h5,7,9-11,15H,3-4,6,8H2,1-2H3. The van der Waals surface area contributed by atoms with E-state index in [1.165, 1.54) is 12.3 Å². The smallest absolute Gasteiger partial charge is 0.433 e. The summed E-state index contributed by atoms with van der Waals surface area (Å²) in [6, 6.07) is 3.65. The number of furan rings is 1. The Morgan fingerprint density at radius 3 is 2.85 bits per heavy atom. The zero-order valence-corrected chi connectivity index (χ0v) is 17.9. The maximum absolute atomic E-state index is 13.8. The molecule has 0 radical (unpaired) electrons. The van der Waals surface area contributed by atoms with Crippen molar-refractivity contribution in [1.29, 1.82) is 0 Å². The van der Waals surface area contributed by atoms with Gasteiger partial charge in [-0.2, -0.15) is 18.3 Å². The van der Waals surface area contributed by atoms with E-state index in [-0.39, 0.29) is 28.7 Å². The first-order valence-corrected chi connectivity index (χ1v) is 10.6. The Bertz CT molecular complexity index is 1320. The molecule has 0 aromatic carbocycles. The SMILES string of the molecule is CCc1onc(C)c1C1CCCN1C(=O)c1cnn2c(C(F)(F)F)cc(-c3ccco3)nc12. The lowest BCUT2D eigenvalue weighted by atomic mass is 10.0. The number of nitrogens with zero attached hydrogens (tertiary/aromatic N) is 5. The number of rotatable bonds is 4. The minimum absolute atomic E-state index is 0.00652. The number of alkyl halides is 3. The highest BCUT2D eigenvalue weighted by molar-refractivity contribution is 6.00. The van der Waals surface area contributed by atoms with E-state index in [1.807, 2.05) is 13.8 Å². The fraction of sp³-hybridized carbons (Fsp3) is 0.364. The number of carbonyl (C=O) groups is 1. The van der Waals surface area contributed by atoms with Crippen LogP contribution in [0.1, 0.15) is 58.9 Å². The maximum Gasteiger partial charge on any atom is 0.433 e. The summed E-state index contributed by atoms with van der Waals surface area (Å²) in [7, 11) is 0. The summed E-state index contributed by atoms with van der Waals surface area (Å²) < 4.78 is 52.7. The number of halogens is 3. The second kappa shape index (κ2) is 7.75. The Kier molecular flexibility index (Phi) is 4.98. The van der Waals surface area contributed by atoms with Crippen molar-refractivity contribution >= 4 is 11.6 Å². The van der Waals surface area contributed by atoms with Gasteiger partial charge in [0.15, 0.2) is 17.1 Å². The van der Waals surface area contributed by atoms with Crippen molar-refractivity contribution in [2.75, 3.05) is 6.54 Å². The van der Waals surface area contributed by atoms with Crippen LogP contribution < -0.4 is 0 Å². The molecule has 33 heavy (non-hydrogen) atoms. The third-order valence-electron chi connectivity index (χ3n) is 5.92.